The van der Waals surface area contributed by atoms with Crippen molar-refractivity contribution < 1.29 is 13.6 Å². The lowest BCUT2D eigenvalue weighted by Crippen LogP contribution is -2.32. The van der Waals surface area contributed by atoms with Crippen molar-refractivity contribution in [2.75, 3.05) is 18.8 Å². The molecule has 1 saturated heterocycles. The van der Waals surface area contributed by atoms with Gasteiger partial charge in [0, 0.05) is 18.8 Å². The predicted octanol–water partition coefficient (Wildman–Crippen LogP) is 3.96. The highest BCUT2D eigenvalue weighted by Crippen LogP contribution is 2.34. The average Bonchev–Trinajstić information content (AvgIpc) is 3.05. The van der Waals surface area contributed by atoms with Crippen LogP contribution in [-0.4, -0.2) is 29.6 Å². The van der Waals surface area contributed by atoms with Gasteiger partial charge in [0.2, 0.25) is 0 Å². The third-order valence-electron chi connectivity index (χ3n) is 3.27. The molecular formula is C14H14BrNO3S. The highest BCUT2D eigenvalue weighted by molar-refractivity contribution is 9.10. The van der Waals surface area contributed by atoms with Gasteiger partial charge in [0.25, 0.3) is 5.91 Å². The van der Waals surface area contributed by atoms with Crippen molar-refractivity contribution in [3.63, 3.8) is 0 Å². The van der Waals surface area contributed by atoms with Crippen LogP contribution in [0.3, 0.4) is 0 Å². The smallest absolute Gasteiger partial charge is 0.289 e. The van der Waals surface area contributed by atoms with Crippen molar-refractivity contribution >= 4 is 33.6 Å². The first-order valence-electron chi connectivity index (χ1n) is 6.43. The van der Waals surface area contributed by atoms with E-state index in [-0.39, 0.29) is 5.91 Å². The van der Waals surface area contributed by atoms with Crippen LogP contribution in [0.25, 0.3) is 0 Å². The molecule has 0 saturated carbocycles. The number of thioether (sulfide) groups is 1. The maximum Gasteiger partial charge on any atom is 0.289 e. The zero-order chi connectivity index (χ0) is 13.9. The number of furan rings is 2. The molecule has 1 aliphatic rings. The first-order valence-corrected chi connectivity index (χ1v) is 8.28. The van der Waals surface area contributed by atoms with Crippen molar-refractivity contribution in [3.05, 3.63) is 46.7 Å². The first kappa shape index (κ1) is 13.8. The number of rotatable bonds is 2. The van der Waals surface area contributed by atoms with E-state index in [1.165, 1.54) is 0 Å². The Labute approximate surface area is 129 Å². The molecule has 2 aromatic heterocycles. The topological polar surface area (TPSA) is 46.6 Å². The number of amides is 1. The van der Waals surface area contributed by atoms with Gasteiger partial charge in [-0.1, -0.05) is 0 Å². The van der Waals surface area contributed by atoms with Crippen molar-refractivity contribution in [2.45, 2.75) is 11.7 Å². The Morgan fingerprint density at radius 2 is 2.25 bits per heavy atom. The van der Waals surface area contributed by atoms with E-state index in [9.17, 15) is 4.79 Å². The largest absolute Gasteiger partial charge is 0.468 e. The standard InChI is InChI=1S/C14H14BrNO3S/c15-13-4-3-11(19-13)14(17)16-6-5-12(20-9-7-16)10-2-1-8-18-10/h1-4,8,12H,5-7,9H2/t12-/m0/s1. The highest BCUT2D eigenvalue weighted by Gasteiger charge is 2.25. The molecule has 6 heteroatoms. The SMILES string of the molecule is O=C(c1ccc(Br)o1)N1CCS[C@H](c2ccco2)CC1. The Balaban J connectivity index is 1.66. The molecule has 1 aliphatic heterocycles. The summed E-state index contributed by atoms with van der Waals surface area (Å²) in [5.41, 5.74) is 0. The molecular weight excluding hydrogens is 342 g/mol. The molecule has 3 rings (SSSR count). The summed E-state index contributed by atoms with van der Waals surface area (Å²) in [6.07, 6.45) is 2.59. The molecule has 0 spiro atoms. The third-order valence-corrected chi connectivity index (χ3v) is 4.99. The fourth-order valence-electron chi connectivity index (χ4n) is 2.26. The van der Waals surface area contributed by atoms with Gasteiger partial charge in [0.15, 0.2) is 10.4 Å². The van der Waals surface area contributed by atoms with Crippen molar-refractivity contribution in [2.24, 2.45) is 0 Å². The van der Waals surface area contributed by atoms with Gasteiger partial charge in [-0.3, -0.25) is 4.79 Å². The second kappa shape index (κ2) is 6.10. The minimum absolute atomic E-state index is 0.0450. The molecule has 0 aliphatic carbocycles. The second-order valence-electron chi connectivity index (χ2n) is 4.56. The van der Waals surface area contributed by atoms with E-state index in [4.69, 9.17) is 8.83 Å². The molecule has 1 fully saturated rings. The van der Waals surface area contributed by atoms with Crippen molar-refractivity contribution in [1.82, 2.24) is 4.90 Å². The van der Waals surface area contributed by atoms with E-state index in [2.05, 4.69) is 15.9 Å². The quantitative estimate of drug-likeness (QED) is 0.817. The summed E-state index contributed by atoms with van der Waals surface area (Å²) in [6.45, 7) is 1.45. The van der Waals surface area contributed by atoms with Gasteiger partial charge in [-0.05, 0) is 46.6 Å². The molecule has 0 radical (unpaired) electrons. The normalized spacial score (nSPS) is 19.9. The monoisotopic (exact) mass is 355 g/mol. The minimum Gasteiger partial charge on any atom is -0.468 e. The number of hydrogen-bond donors (Lipinski definition) is 0. The summed E-state index contributed by atoms with van der Waals surface area (Å²) in [4.78, 5) is 14.2. The van der Waals surface area contributed by atoms with Crippen LogP contribution in [-0.2, 0) is 0 Å². The number of hydrogen-bond acceptors (Lipinski definition) is 4. The Bertz CT molecular complexity index is 581. The summed E-state index contributed by atoms with van der Waals surface area (Å²) in [5.74, 6) is 2.23. The van der Waals surface area contributed by atoms with Gasteiger partial charge < -0.3 is 13.7 Å². The molecule has 4 nitrogen and oxygen atoms in total. The van der Waals surface area contributed by atoms with Crippen LogP contribution in [0.4, 0.5) is 0 Å². The van der Waals surface area contributed by atoms with Gasteiger partial charge >= 0.3 is 0 Å². The van der Waals surface area contributed by atoms with E-state index < -0.39 is 0 Å². The fraction of sp³-hybridized carbons (Fsp3) is 0.357. The van der Waals surface area contributed by atoms with Gasteiger partial charge in [-0.2, -0.15) is 0 Å². The van der Waals surface area contributed by atoms with Crippen LogP contribution >= 0.6 is 27.7 Å². The van der Waals surface area contributed by atoms with Crippen LogP contribution in [0.2, 0.25) is 0 Å². The van der Waals surface area contributed by atoms with Gasteiger partial charge in [0.05, 0.1) is 11.5 Å². The lowest BCUT2D eigenvalue weighted by molar-refractivity contribution is 0.0732. The summed E-state index contributed by atoms with van der Waals surface area (Å²) < 4.78 is 11.4. The zero-order valence-corrected chi connectivity index (χ0v) is 13.2. The van der Waals surface area contributed by atoms with Crippen LogP contribution in [0.5, 0.6) is 0 Å². The average molecular weight is 356 g/mol. The summed E-state index contributed by atoms with van der Waals surface area (Å²) in [6, 6.07) is 7.35. The molecule has 3 heterocycles. The van der Waals surface area contributed by atoms with Crippen LogP contribution in [0.15, 0.2) is 44.0 Å². The maximum atomic E-state index is 12.3. The van der Waals surface area contributed by atoms with E-state index in [1.807, 2.05) is 28.8 Å². The zero-order valence-electron chi connectivity index (χ0n) is 10.8. The van der Waals surface area contributed by atoms with Gasteiger partial charge in [0.1, 0.15) is 5.76 Å². The van der Waals surface area contributed by atoms with Gasteiger partial charge in [-0.25, -0.2) is 0 Å². The second-order valence-corrected chi connectivity index (χ2v) is 6.65. The molecule has 2 aromatic rings. The van der Waals surface area contributed by atoms with Crippen molar-refractivity contribution in [1.29, 1.82) is 0 Å². The Kier molecular flexibility index (Phi) is 4.21. The van der Waals surface area contributed by atoms with Crippen molar-refractivity contribution in [3.8, 4) is 0 Å². The lowest BCUT2D eigenvalue weighted by atomic mass is 10.2. The van der Waals surface area contributed by atoms with Crippen LogP contribution in [0, 0.1) is 0 Å². The Hall–Kier alpha value is -1.14. The molecule has 0 unspecified atom stereocenters. The van der Waals surface area contributed by atoms with Crippen LogP contribution < -0.4 is 0 Å². The number of carbonyl (C=O) groups is 1. The van der Waals surface area contributed by atoms with E-state index in [1.54, 1.807) is 18.4 Å². The number of nitrogens with zero attached hydrogens (tertiary/aromatic N) is 1. The lowest BCUT2D eigenvalue weighted by Gasteiger charge is -2.18. The highest BCUT2D eigenvalue weighted by atomic mass is 79.9. The number of carbonyl (C=O) groups excluding carboxylic acids is 1. The molecule has 0 aromatic carbocycles. The van der Waals surface area contributed by atoms with E-state index in [0.717, 1.165) is 31.0 Å². The Morgan fingerprint density at radius 1 is 1.35 bits per heavy atom. The molecule has 106 valence electrons. The van der Waals surface area contributed by atoms with E-state index in [0.29, 0.717) is 15.7 Å². The fourth-order valence-corrected chi connectivity index (χ4v) is 3.75. The summed E-state index contributed by atoms with van der Waals surface area (Å²) >= 11 is 5.06. The first-order chi connectivity index (χ1) is 9.74. The maximum absolute atomic E-state index is 12.3. The molecule has 1 amide bonds. The van der Waals surface area contributed by atoms with Gasteiger partial charge in [-0.15, -0.1) is 11.8 Å². The third kappa shape index (κ3) is 2.96. The molecule has 0 bridgehead atoms. The van der Waals surface area contributed by atoms with Crippen LogP contribution in [0.1, 0.15) is 28.0 Å². The van der Waals surface area contributed by atoms with E-state index >= 15 is 0 Å². The summed E-state index contributed by atoms with van der Waals surface area (Å²) in [5, 5.41) is 0.325. The molecule has 1 atom stereocenters. The Morgan fingerprint density at radius 3 is 2.95 bits per heavy atom. The summed E-state index contributed by atoms with van der Waals surface area (Å²) in [7, 11) is 0. The number of halogens is 1. The minimum atomic E-state index is -0.0450. The molecule has 0 N–H and O–H groups in total. The molecule has 20 heavy (non-hydrogen) atoms. The predicted molar refractivity (Wildman–Crippen MR) is 80.8 cm³/mol.